The molecule has 0 aromatic heterocycles. The van der Waals surface area contributed by atoms with Crippen molar-refractivity contribution in [1.29, 1.82) is 0 Å². The van der Waals surface area contributed by atoms with Crippen LogP contribution in [-0.4, -0.2) is 193 Å². The molecule has 3 aliphatic rings. The van der Waals surface area contributed by atoms with Crippen LogP contribution >= 0.6 is 0 Å². The molecule has 110 heavy (non-hydrogen) atoms. The van der Waals surface area contributed by atoms with E-state index >= 15 is 0 Å². The zero-order valence-corrected chi connectivity index (χ0v) is 67.7. The molecule has 17 unspecified atom stereocenters. The van der Waals surface area contributed by atoms with Crippen LogP contribution in [0.25, 0.3) is 0 Å². The standard InChI is InChI=1S/C91H153NO18/c1-3-5-7-9-11-13-15-17-19-21-23-25-27-29-31-33-34-35-36-37-38-39-40-41-43-45-47-49-51-53-55-57-59-61-63-65-67-69-79(97)92-74(75(96)68-66-64-62-60-58-56-54-52-50-48-46-44-42-32-30-28-26-24-22-20-18-16-14-12-10-8-6-4-2)73-105-89-85(103)82(100)87(77(71-94)107-89)110-91-86(104)83(101)88(78(72-95)108-91)109-90-84(102)81(99)80(98)76(70-93)106-90/h5,7,11,13,17,19,23,25,29,31,34-35,37-38,40-41,45,47,51,53,57,59,66,68,74-78,80-91,93-96,98-104H,3-4,6,8-10,12,14-16,18,20-22,24,26-28,30,32-33,36,39,42-44,46,48-50,52,54-56,58,60-65,67,69-73H2,1-2H3,(H,92,97)/b7-5-,13-11-,19-17-,25-23-,31-29-,35-34-,38-37-,41-40-,47-45-,53-51-,59-57-,68-66+. The number of hydrogen-bond acceptors (Lipinski definition) is 18. The molecule has 19 heteroatoms. The predicted octanol–water partition coefficient (Wildman–Crippen LogP) is 15.8. The predicted molar refractivity (Wildman–Crippen MR) is 442 cm³/mol. The molecule has 0 aromatic carbocycles. The molecule has 630 valence electrons. The summed E-state index contributed by atoms with van der Waals surface area (Å²) in [4.78, 5) is 13.5. The summed E-state index contributed by atoms with van der Waals surface area (Å²) < 4.78 is 34.5. The Bertz CT molecular complexity index is 2560. The molecule has 17 atom stereocenters. The second-order valence-corrected chi connectivity index (χ2v) is 29.9. The van der Waals surface area contributed by atoms with Gasteiger partial charge in [0.2, 0.25) is 5.91 Å². The van der Waals surface area contributed by atoms with E-state index in [0.29, 0.717) is 6.42 Å². The fourth-order valence-electron chi connectivity index (χ4n) is 13.6. The van der Waals surface area contributed by atoms with Gasteiger partial charge in [-0.15, -0.1) is 0 Å². The van der Waals surface area contributed by atoms with E-state index in [1.165, 1.54) is 148 Å². The molecule has 0 radical (unpaired) electrons. The van der Waals surface area contributed by atoms with Gasteiger partial charge >= 0.3 is 0 Å². The highest BCUT2D eigenvalue weighted by atomic mass is 16.8. The van der Waals surface area contributed by atoms with Crippen molar-refractivity contribution in [2.75, 3.05) is 26.4 Å². The Kier molecular flexibility index (Phi) is 62.7. The van der Waals surface area contributed by atoms with Crippen molar-refractivity contribution in [1.82, 2.24) is 5.32 Å². The second-order valence-electron chi connectivity index (χ2n) is 29.9. The summed E-state index contributed by atoms with van der Waals surface area (Å²) in [6.45, 7) is 1.61. The van der Waals surface area contributed by atoms with Crippen molar-refractivity contribution >= 4 is 5.91 Å². The fourth-order valence-corrected chi connectivity index (χ4v) is 13.6. The first-order chi connectivity index (χ1) is 53.8. The average molecular weight is 1550 g/mol. The molecule has 3 aliphatic heterocycles. The molecule has 0 aliphatic carbocycles. The molecule has 3 saturated heterocycles. The Morgan fingerprint density at radius 1 is 0.336 bits per heavy atom. The molecule has 0 spiro atoms. The van der Waals surface area contributed by atoms with Gasteiger partial charge in [0.1, 0.15) is 73.2 Å². The Morgan fingerprint density at radius 3 is 0.982 bits per heavy atom. The topological polar surface area (TPSA) is 307 Å². The first kappa shape index (κ1) is 99.9. The lowest BCUT2D eigenvalue weighted by Gasteiger charge is -2.48. The first-order valence-corrected chi connectivity index (χ1v) is 43.1. The van der Waals surface area contributed by atoms with Gasteiger partial charge in [-0.2, -0.15) is 0 Å². The van der Waals surface area contributed by atoms with E-state index in [2.05, 4.69) is 153 Å². The quantitative estimate of drug-likeness (QED) is 0.0199. The maximum Gasteiger partial charge on any atom is 0.220 e. The van der Waals surface area contributed by atoms with Gasteiger partial charge in [0, 0.05) is 6.42 Å². The lowest BCUT2D eigenvalue weighted by atomic mass is 9.96. The third-order valence-corrected chi connectivity index (χ3v) is 20.4. The summed E-state index contributed by atoms with van der Waals surface area (Å²) in [5.74, 6) is -0.310. The van der Waals surface area contributed by atoms with E-state index in [1.54, 1.807) is 6.08 Å². The molecule has 0 aromatic rings. The molecule has 3 fully saturated rings. The number of allylic oxidation sites excluding steroid dienone is 23. The normalized spacial score (nSPS) is 25.9. The number of rotatable bonds is 67. The number of nitrogens with one attached hydrogen (secondary N) is 1. The molecule has 1 amide bonds. The van der Waals surface area contributed by atoms with E-state index in [-0.39, 0.29) is 18.9 Å². The molecule has 0 bridgehead atoms. The highest BCUT2D eigenvalue weighted by Gasteiger charge is 2.54. The number of aliphatic hydroxyl groups is 11. The molecule has 0 saturated carbocycles. The summed E-state index contributed by atoms with van der Waals surface area (Å²) in [6, 6.07) is -1.00. The highest BCUT2D eigenvalue weighted by molar-refractivity contribution is 5.76. The second kappa shape index (κ2) is 69.0. The van der Waals surface area contributed by atoms with Gasteiger partial charge in [-0.25, -0.2) is 0 Å². The van der Waals surface area contributed by atoms with Crippen LogP contribution in [0.3, 0.4) is 0 Å². The minimum absolute atomic E-state index is 0.194. The molecule has 3 heterocycles. The van der Waals surface area contributed by atoms with Gasteiger partial charge < -0.3 is 89.9 Å². The van der Waals surface area contributed by atoms with Crippen LogP contribution in [0.4, 0.5) is 0 Å². The van der Waals surface area contributed by atoms with Gasteiger partial charge in [0.25, 0.3) is 0 Å². The maximum atomic E-state index is 13.5. The smallest absolute Gasteiger partial charge is 0.220 e. The van der Waals surface area contributed by atoms with E-state index < -0.39 is 124 Å². The zero-order chi connectivity index (χ0) is 79.5. The molecule has 3 rings (SSSR count). The third-order valence-electron chi connectivity index (χ3n) is 20.4. The summed E-state index contributed by atoms with van der Waals surface area (Å²) >= 11 is 0. The van der Waals surface area contributed by atoms with E-state index in [0.717, 1.165) is 116 Å². The van der Waals surface area contributed by atoms with Crippen LogP contribution in [-0.2, 0) is 33.2 Å². The maximum absolute atomic E-state index is 13.5. The largest absolute Gasteiger partial charge is 0.394 e. The highest BCUT2D eigenvalue weighted by Crippen LogP contribution is 2.33. The van der Waals surface area contributed by atoms with Gasteiger partial charge in [0.05, 0.1) is 38.6 Å². The van der Waals surface area contributed by atoms with Crippen molar-refractivity contribution < 1.29 is 89.4 Å². The number of unbranched alkanes of at least 4 members (excludes halogenated alkanes) is 29. The summed E-state index contributed by atoms with van der Waals surface area (Å²) in [6.07, 6.45) is 74.0. The Balaban J connectivity index is 1.38. The van der Waals surface area contributed by atoms with E-state index in [1.807, 2.05) is 6.08 Å². The molecular formula is C91H153NO18. The van der Waals surface area contributed by atoms with Crippen molar-refractivity contribution in [2.24, 2.45) is 0 Å². The Labute approximate surface area is 663 Å². The number of aliphatic hydroxyl groups excluding tert-OH is 11. The summed E-state index contributed by atoms with van der Waals surface area (Å²) in [5, 5.41) is 121. The molecule has 19 nitrogen and oxygen atoms in total. The summed E-state index contributed by atoms with van der Waals surface area (Å²) in [5.41, 5.74) is 0. The number of carbonyl (C=O) groups excluding carboxylic acids is 1. The minimum atomic E-state index is -1.99. The third kappa shape index (κ3) is 47.5. The van der Waals surface area contributed by atoms with Crippen molar-refractivity contribution in [2.45, 2.75) is 394 Å². The number of ether oxygens (including phenoxy) is 6. The van der Waals surface area contributed by atoms with E-state index in [4.69, 9.17) is 28.4 Å². The average Bonchev–Trinajstić information content (AvgIpc) is 0.784. The monoisotopic (exact) mass is 1550 g/mol. The van der Waals surface area contributed by atoms with Crippen LogP contribution in [0.5, 0.6) is 0 Å². The van der Waals surface area contributed by atoms with Gasteiger partial charge in [-0.1, -0.05) is 327 Å². The van der Waals surface area contributed by atoms with Gasteiger partial charge in [-0.05, 0) is 103 Å². The van der Waals surface area contributed by atoms with Crippen LogP contribution in [0.2, 0.25) is 0 Å². The number of amides is 1. The van der Waals surface area contributed by atoms with Crippen LogP contribution in [0.15, 0.2) is 146 Å². The van der Waals surface area contributed by atoms with E-state index in [9.17, 15) is 61.0 Å². The van der Waals surface area contributed by atoms with Gasteiger partial charge in [0.15, 0.2) is 18.9 Å². The van der Waals surface area contributed by atoms with Crippen molar-refractivity contribution in [3.8, 4) is 0 Å². The minimum Gasteiger partial charge on any atom is -0.394 e. The van der Waals surface area contributed by atoms with Crippen LogP contribution in [0.1, 0.15) is 290 Å². The van der Waals surface area contributed by atoms with Gasteiger partial charge in [-0.3, -0.25) is 4.79 Å². The number of hydrogen-bond donors (Lipinski definition) is 12. The summed E-state index contributed by atoms with van der Waals surface area (Å²) in [7, 11) is 0. The number of carbonyl (C=O) groups is 1. The van der Waals surface area contributed by atoms with Crippen LogP contribution < -0.4 is 5.32 Å². The molecular weight excluding hydrogens is 1390 g/mol. The lowest BCUT2D eigenvalue weighted by molar-refractivity contribution is -0.379. The Morgan fingerprint density at radius 2 is 0.627 bits per heavy atom. The van der Waals surface area contributed by atoms with Crippen molar-refractivity contribution in [3.05, 3.63) is 146 Å². The molecule has 12 N–H and O–H groups in total. The SMILES string of the molecule is CC/C=C\C/C=C\C/C=C\C/C=C\C/C=C\C/C=C\C/C=C\C/C=C\C/C=C\C/C=C\C/C=C\CCCCCC(=O)NC(COC1OC(CO)C(OC2OC(CO)C(OC3OC(CO)C(O)C(O)C3O)C(O)C2O)C(O)C1O)C(O)/C=C/CCCCCCCCCCCCCCCCCCCCCCCCCCCC. The first-order valence-electron chi connectivity index (χ1n) is 43.1. The zero-order valence-electron chi connectivity index (χ0n) is 67.7. The van der Waals surface area contributed by atoms with Crippen molar-refractivity contribution in [3.63, 3.8) is 0 Å². The lowest BCUT2D eigenvalue weighted by Crippen LogP contribution is -2.66. The Hall–Kier alpha value is -4.33. The van der Waals surface area contributed by atoms with Crippen LogP contribution in [0, 0.1) is 0 Å². The fraction of sp³-hybridized carbons (Fsp3) is 0.725.